The van der Waals surface area contributed by atoms with Crippen molar-refractivity contribution >= 4 is 17.6 Å². The summed E-state index contributed by atoms with van der Waals surface area (Å²) in [5.74, 6) is 0.444. The van der Waals surface area contributed by atoms with Crippen LogP contribution in [0.2, 0.25) is 0 Å². The summed E-state index contributed by atoms with van der Waals surface area (Å²) in [7, 11) is 1.50. The van der Waals surface area contributed by atoms with Gasteiger partial charge in [0.05, 0.1) is 7.11 Å². The van der Waals surface area contributed by atoms with Crippen molar-refractivity contribution in [3.05, 3.63) is 17.5 Å². The van der Waals surface area contributed by atoms with Gasteiger partial charge in [0.25, 0.3) is 5.19 Å². The van der Waals surface area contributed by atoms with E-state index < -0.39 is 0 Å². The fourth-order valence-electron chi connectivity index (χ4n) is 0.950. The summed E-state index contributed by atoms with van der Waals surface area (Å²) in [6.45, 7) is 0. The van der Waals surface area contributed by atoms with Gasteiger partial charge < -0.3 is 4.74 Å². The Morgan fingerprint density at radius 1 is 1.64 bits per heavy atom. The third-order valence-electron chi connectivity index (χ3n) is 1.53. The number of nitrogens with zero attached hydrogens (tertiary/aromatic N) is 4. The van der Waals surface area contributed by atoms with Crippen LogP contribution in [-0.2, 0) is 0 Å². The van der Waals surface area contributed by atoms with Crippen LogP contribution in [0.3, 0.4) is 0 Å². The average Bonchev–Trinajstić information content (AvgIpc) is 2.85. The molecule has 0 bridgehead atoms. The van der Waals surface area contributed by atoms with Gasteiger partial charge in [0.1, 0.15) is 17.5 Å². The van der Waals surface area contributed by atoms with Gasteiger partial charge in [0.2, 0.25) is 0 Å². The van der Waals surface area contributed by atoms with Crippen LogP contribution >= 0.6 is 11.3 Å². The molecule has 0 spiro atoms. The molecule has 2 aromatic rings. The number of methoxy groups -OCH3 is 1. The highest BCUT2D eigenvalue weighted by molar-refractivity contribution is 7.15. The first kappa shape index (κ1) is 8.82. The van der Waals surface area contributed by atoms with Crippen LogP contribution in [-0.4, -0.2) is 33.1 Å². The molecule has 0 aliphatic carbocycles. The molecular formula is C7H6N4O2S. The molecule has 0 N–H and O–H groups in total. The number of carbonyl (C=O) groups is 1. The minimum Gasteiger partial charge on any atom is -0.473 e. The maximum atomic E-state index is 10.7. The van der Waals surface area contributed by atoms with Crippen molar-refractivity contribution < 1.29 is 9.53 Å². The molecule has 0 aromatic carbocycles. The molecular weight excluding hydrogens is 204 g/mol. The van der Waals surface area contributed by atoms with Crippen LogP contribution in [0, 0.1) is 0 Å². The van der Waals surface area contributed by atoms with Crippen LogP contribution in [0.1, 0.15) is 9.67 Å². The third kappa shape index (κ3) is 1.37. The van der Waals surface area contributed by atoms with Crippen LogP contribution in [0.5, 0.6) is 5.19 Å². The number of aldehydes is 1. The lowest BCUT2D eigenvalue weighted by Crippen LogP contribution is -1.97. The summed E-state index contributed by atoms with van der Waals surface area (Å²) in [6, 6.07) is 0. The maximum absolute atomic E-state index is 10.7. The Bertz CT molecular complexity index is 436. The zero-order chi connectivity index (χ0) is 9.97. The molecule has 0 saturated heterocycles. The molecule has 0 fully saturated rings. The summed E-state index contributed by atoms with van der Waals surface area (Å²) in [5.41, 5.74) is 0. The van der Waals surface area contributed by atoms with Crippen molar-refractivity contribution in [2.45, 2.75) is 0 Å². The first-order valence-electron chi connectivity index (χ1n) is 3.70. The van der Waals surface area contributed by atoms with Gasteiger partial charge in [-0.2, -0.15) is 10.1 Å². The molecule has 7 heteroatoms. The lowest BCUT2D eigenvalue weighted by atomic mass is 10.5. The summed E-state index contributed by atoms with van der Waals surface area (Å²) < 4.78 is 6.34. The van der Waals surface area contributed by atoms with Gasteiger partial charge in [-0.25, -0.2) is 9.67 Å². The van der Waals surface area contributed by atoms with E-state index in [1.165, 1.54) is 35.8 Å². The topological polar surface area (TPSA) is 69.9 Å². The Morgan fingerprint density at radius 3 is 3.07 bits per heavy atom. The van der Waals surface area contributed by atoms with Crippen molar-refractivity contribution in [2.24, 2.45) is 0 Å². The Hall–Kier alpha value is -1.76. The zero-order valence-electron chi connectivity index (χ0n) is 7.25. The molecule has 2 aromatic heterocycles. The first-order valence-corrected chi connectivity index (χ1v) is 4.52. The van der Waals surface area contributed by atoms with E-state index in [4.69, 9.17) is 4.74 Å². The summed E-state index contributed by atoms with van der Waals surface area (Å²) in [4.78, 5) is 19.0. The summed E-state index contributed by atoms with van der Waals surface area (Å²) in [5, 5.41) is 4.31. The van der Waals surface area contributed by atoms with Crippen LogP contribution in [0.15, 0.2) is 12.7 Å². The molecule has 2 rings (SSSR count). The van der Waals surface area contributed by atoms with E-state index in [2.05, 4.69) is 15.1 Å². The molecule has 0 unspecified atom stereocenters. The van der Waals surface area contributed by atoms with E-state index in [1.807, 2.05) is 0 Å². The molecule has 72 valence electrons. The van der Waals surface area contributed by atoms with Crippen LogP contribution in [0.4, 0.5) is 0 Å². The molecule has 0 amide bonds. The molecule has 0 saturated carbocycles. The molecule has 0 atom stereocenters. The van der Waals surface area contributed by atoms with Crippen molar-refractivity contribution in [1.82, 2.24) is 19.7 Å². The summed E-state index contributed by atoms with van der Waals surface area (Å²) in [6.07, 6.45) is 3.57. The monoisotopic (exact) mass is 210 g/mol. The van der Waals surface area contributed by atoms with Gasteiger partial charge in [0, 0.05) is 0 Å². The quantitative estimate of drug-likeness (QED) is 0.692. The molecule has 6 nitrogen and oxygen atoms in total. The normalized spacial score (nSPS) is 10.1. The van der Waals surface area contributed by atoms with E-state index in [0.29, 0.717) is 15.9 Å². The van der Waals surface area contributed by atoms with Crippen molar-refractivity contribution in [3.63, 3.8) is 0 Å². The molecule has 0 radical (unpaired) electrons. The Labute approximate surface area is 83.2 Å². The third-order valence-corrected chi connectivity index (χ3v) is 2.46. The molecule has 2 heterocycles. The molecule has 0 aliphatic rings. The smallest absolute Gasteiger partial charge is 0.275 e. The second-order valence-corrected chi connectivity index (χ2v) is 3.32. The van der Waals surface area contributed by atoms with Crippen LogP contribution in [0.25, 0.3) is 5.82 Å². The fraction of sp³-hybridized carbons (Fsp3) is 0.143. The number of hydrogen-bond acceptors (Lipinski definition) is 6. The van der Waals surface area contributed by atoms with Crippen molar-refractivity contribution in [2.75, 3.05) is 7.11 Å². The van der Waals surface area contributed by atoms with Gasteiger partial charge in [-0.1, -0.05) is 11.3 Å². The second kappa shape index (κ2) is 3.54. The minimum atomic E-state index is 0.428. The predicted molar refractivity (Wildman–Crippen MR) is 49.0 cm³/mol. The Morgan fingerprint density at radius 2 is 2.50 bits per heavy atom. The van der Waals surface area contributed by atoms with Crippen molar-refractivity contribution in [3.8, 4) is 11.0 Å². The van der Waals surface area contributed by atoms with Crippen LogP contribution < -0.4 is 4.74 Å². The van der Waals surface area contributed by atoms with E-state index >= 15 is 0 Å². The van der Waals surface area contributed by atoms with E-state index in [1.54, 1.807) is 0 Å². The highest BCUT2D eigenvalue weighted by atomic mass is 32.1. The van der Waals surface area contributed by atoms with Crippen molar-refractivity contribution in [1.29, 1.82) is 0 Å². The lowest BCUT2D eigenvalue weighted by Gasteiger charge is -1.93. The SMILES string of the molecule is COc1nc(-n2cncn2)c(C=O)s1. The van der Waals surface area contributed by atoms with E-state index in [9.17, 15) is 4.79 Å². The predicted octanol–water partition coefficient (Wildman–Crippen LogP) is 0.545. The second-order valence-electron chi connectivity index (χ2n) is 2.33. The number of aromatic nitrogens is 4. The minimum absolute atomic E-state index is 0.428. The largest absolute Gasteiger partial charge is 0.473 e. The highest BCUT2D eigenvalue weighted by Crippen LogP contribution is 2.25. The summed E-state index contributed by atoms with van der Waals surface area (Å²) >= 11 is 1.17. The highest BCUT2D eigenvalue weighted by Gasteiger charge is 2.12. The number of ether oxygens (including phenoxy) is 1. The van der Waals surface area contributed by atoms with Gasteiger partial charge >= 0.3 is 0 Å². The number of carbonyl (C=O) groups excluding carboxylic acids is 1. The van der Waals surface area contributed by atoms with E-state index in [-0.39, 0.29) is 0 Å². The Balaban J connectivity index is 2.51. The van der Waals surface area contributed by atoms with Gasteiger partial charge in [0.15, 0.2) is 12.1 Å². The molecule has 0 aliphatic heterocycles. The lowest BCUT2D eigenvalue weighted by molar-refractivity contribution is 0.112. The van der Waals surface area contributed by atoms with Gasteiger partial charge in [-0.15, -0.1) is 0 Å². The number of hydrogen-bond donors (Lipinski definition) is 0. The van der Waals surface area contributed by atoms with Gasteiger partial charge in [-0.05, 0) is 0 Å². The number of thiazole rings is 1. The molecule has 14 heavy (non-hydrogen) atoms. The first-order chi connectivity index (χ1) is 6.85. The fourth-order valence-corrected chi connectivity index (χ4v) is 1.63. The maximum Gasteiger partial charge on any atom is 0.275 e. The van der Waals surface area contributed by atoms with Gasteiger partial charge in [-0.3, -0.25) is 4.79 Å². The van der Waals surface area contributed by atoms with E-state index in [0.717, 1.165) is 6.29 Å². The Kier molecular flexibility index (Phi) is 2.23. The number of rotatable bonds is 3. The zero-order valence-corrected chi connectivity index (χ0v) is 8.06. The average molecular weight is 210 g/mol. The standard InChI is InChI=1S/C7H6N4O2S/c1-13-7-10-6(5(2-12)14-7)11-4-8-3-9-11/h2-4H,1H3.